The van der Waals surface area contributed by atoms with Gasteiger partial charge in [0.2, 0.25) is 0 Å². The van der Waals surface area contributed by atoms with Gasteiger partial charge < -0.3 is 10.6 Å². The normalized spacial score (nSPS) is 19.2. The van der Waals surface area contributed by atoms with Crippen molar-refractivity contribution in [2.45, 2.75) is 25.8 Å². The molecule has 1 aromatic rings. The van der Waals surface area contributed by atoms with Crippen LogP contribution in [0.2, 0.25) is 0 Å². The molecule has 0 aromatic heterocycles. The summed E-state index contributed by atoms with van der Waals surface area (Å²) in [5, 5.41) is 17.4. The fourth-order valence-corrected chi connectivity index (χ4v) is 2.11. The first-order chi connectivity index (χ1) is 8.16. The predicted octanol–water partition coefficient (Wildman–Crippen LogP) is 2.07. The van der Waals surface area contributed by atoms with Crippen LogP contribution in [0.1, 0.15) is 18.4 Å². The Morgan fingerprint density at radius 1 is 1.59 bits per heavy atom. The van der Waals surface area contributed by atoms with Gasteiger partial charge in [-0.2, -0.15) is 0 Å². The maximum Gasteiger partial charge on any atom is 0.292 e. The van der Waals surface area contributed by atoms with E-state index in [-0.39, 0.29) is 10.6 Å². The average Bonchev–Trinajstić information content (AvgIpc) is 2.80. The van der Waals surface area contributed by atoms with Crippen LogP contribution in [-0.2, 0) is 0 Å². The Bertz CT molecular complexity index is 414. The average molecular weight is 235 g/mol. The van der Waals surface area contributed by atoms with E-state index >= 15 is 0 Å². The van der Waals surface area contributed by atoms with E-state index in [0.717, 1.165) is 25.1 Å². The molecule has 1 aliphatic rings. The van der Waals surface area contributed by atoms with Crippen LogP contribution in [-0.4, -0.2) is 24.1 Å². The van der Waals surface area contributed by atoms with Crippen LogP contribution < -0.4 is 10.6 Å². The first kappa shape index (κ1) is 11.9. The van der Waals surface area contributed by atoms with Gasteiger partial charge in [-0.05, 0) is 37.9 Å². The fourth-order valence-electron chi connectivity index (χ4n) is 2.11. The van der Waals surface area contributed by atoms with Gasteiger partial charge in [0.05, 0.1) is 4.92 Å². The van der Waals surface area contributed by atoms with Crippen LogP contribution in [0.4, 0.5) is 11.4 Å². The summed E-state index contributed by atoms with van der Waals surface area (Å²) >= 11 is 0. The van der Waals surface area contributed by atoms with Gasteiger partial charge >= 0.3 is 0 Å². The van der Waals surface area contributed by atoms with E-state index in [0.29, 0.717) is 11.7 Å². The molecular weight excluding hydrogens is 218 g/mol. The molecule has 0 bridgehead atoms. The molecule has 2 N–H and O–H groups in total. The number of nitrogens with zero attached hydrogens (tertiary/aromatic N) is 1. The Morgan fingerprint density at radius 3 is 3.06 bits per heavy atom. The van der Waals surface area contributed by atoms with Gasteiger partial charge in [0.15, 0.2) is 0 Å². The van der Waals surface area contributed by atoms with Crippen molar-refractivity contribution in [3.05, 3.63) is 33.9 Å². The Hall–Kier alpha value is -1.62. The molecular formula is C12H17N3O2. The molecule has 17 heavy (non-hydrogen) atoms. The highest BCUT2D eigenvalue weighted by atomic mass is 16.6. The quantitative estimate of drug-likeness (QED) is 0.619. The molecule has 0 amide bonds. The van der Waals surface area contributed by atoms with Crippen LogP contribution in [0, 0.1) is 17.0 Å². The summed E-state index contributed by atoms with van der Waals surface area (Å²) in [5.41, 5.74) is 1.67. The maximum atomic E-state index is 10.9. The molecule has 0 saturated carbocycles. The van der Waals surface area contributed by atoms with Gasteiger partial charge in [0.25, 0.3) is 5.69 Å². The lowest BCUT2D eigenvalue weighted by Crippen LogP contribution is -2.29. The van der Waals surface area contributed by atoms with Gasteiger partial charge in [-0.15, -0.1) is 0 Å². The van der Waals surface area contributed by atoms with Crippen molar-refractivity contribution in [3.8, 4) is 0 Å². The molecule has 0 aliphatic carbocycles. The maximum absolute atomic E-state index is 10.9. The molecule has 1 heterocycles. The van der Waals surface area contributed by atoms with Crippen molar-refractivity contribution in [2.24, 2.45) is 0 Å². The molecule has 5 nitrogen and oxygen atoms in total. The zero-order chi connectivity index (χ0) is 12.3. The van der Waals surface area contributed by atoms with E-state index < -0.39 is 0 Å². The summed E-state index contributed by atoms with van der Waals surface area (Å²) in [7, 11) is 0. The monoisotopic (exact) mass is 235 g/mol. The van der Waals surface area contributed by atoms with Crippen molar-refractivity contribution >= 4 is 11.4 Å². The van der Waals surface area contributed by atoms with Crippen LogP contribution in [0.5, 0.6) is 0 Å². The number of anilines is 1. The highest BCUT2D eigenvalue weighted by molar-refractivity contribution is 5.62. The Kier molecular flexibility index (Phi) is 3.58. The Balaban J connectivity index is 2.06. The molecule has 1 fully saturated rings. The van der Waals surface area contributed by atoms with E-state index in [9.17, 15) is 10.1 Å². The summed E-state index contributed by atoms with van der Waals surface area (Å²) in [5.74, 6) is 0. The molecule has 1 aromatic carbocycles. The minimum atomic E-state index is -0.336. The molecule has 92 valence electrons. The Labute approximate surface area is 100 Å². The lowest BCUT2D eigenvalue weighted by Gasteiger charge is -2.12. The van der Waals surface area contributed by atoms with Gasteiger partial charge in [0, 0.05) is 18.7 Å². The minimum absolute atomic E-state index is 0.156. The number of hydrogen-bond acceptors (Lipinski definition) is 4. The van der Waals surface area contributed by atoms with Crippen LogP contribution in [0.15, 0.2) is 18.2 Å². The Morgan fingerprint density at radius 2 is 2.41 bits per heavy atom. The van der Waals surface area contributed by atoms with Crippen molar-refractivity contribution < 1.29 is 4.92 Å². The summed E-state index contributed by atoms with van der Waals surface area (Å²) in [4.78, 5) is 10.6. The predicted molar refractivity (Wildman–Crippen MR) is 67.3 cm³/mol. The van der Waals surface area contributed by atoms with E-state index in [1.54, 1.807) is 12.1 Å². The van der Waals surface area contributed by atoms with Gasteiger partial charge in [-0.3, -0.25) is 10.1 Å². The van der Waals surface area contributed by atoms with Gasteiger partial charge in [0.1, 0.15) is 5.69 Å². The third-order valence-corrected chi connectivity index (χ3v) is 3.05. The number of hydrogen-bond donors (Lipinski definition) is 2. The van der Waals surface area contributed by atoms with Crippen molar-refractivity contribution in [1.82, 2.24) is 5.32 Å². The first-order valence-electron chi connectivity index (χ1n) is 5.89. The zero-order valence-electron chi connectivity index (χ0n) is 9.90. The number of aryl methyl sites for hydroxylation is 1. The number of rotatable bonds is 4. The second-order valence-electron chi connectivity index (χ2n) is 4.45. The van der Waals surface area contributed by atoms with Crippen LogP contribution in [0.25, 0.3) is 0 Å². The lowest BCUT2D eigenvalue weighted by molar-refractivity contribution is -0.384. The van der Waals surface area contributed by atoms with E-state index in [1.807, 2.05) is 13.0 Å². The number of nitro groups is 1. The highest BCUT2D eigenvalue weighted by Crippen LogP contribution is 2.25. The zero-order valence-corrected chi connectivity index (χ0v) is 9.90. The third-order valence-electron chi connectivity index (χ3n) is 3.05. The summed E-state index contributed by atoms with van der Waals surface area (Å²) in [6.07, 6.45) is 2.31. The molecule has 2 rings (SSSR count). The smallest absolute Gasteiger partial charge is 0.292 e. The van der Waals surface area contributed by atoms with Crippen LogP contribution in [0.3, 0.4) is 0 Å². The fraction of sp³-hybridized carbons (Fsp3) is 0.500. The topological polar surface area (TPSA) is 67.2 Å². The third kappa shape index (κ3) is 2.94. The first-order valence-corrected chi connectivity index (χ1v) is 5.89. The standard InChI is InChI=1S/C12H17N3O2/c1-9-4-5-11(12(7-9)15(16)17)14-8-10-3-2-6-13-10/h4-5,7,10,13-14H,2-3,6,8H2,1H3. The molecule has 0 spiro atoms. The van der Waals surface area contributed by atoms with Crippen molar-refractivity contribution in [3.63, 3.8) is 0 Å². The van der Waals surface area contributed by atoms with Gasteiger partial charge in [-0.1, -0.05) is 6.07 Å². The minimum Gasteiger partial charge on any atom is -0.378 e. The molecule has 5 heteroatoms. The summed E-state index contributed by atoms with van der Waals surface area (Å²) in [6, 6.07) is 5.69. The largest absolute Gasteiger partial charge is 0.378 e. The number of nitrogens with one attached hydrogen (secondary N) is 2. The van der Waals surface area contributed by atoms with Crippen molar-refractivity contribution in [1.29, 1.82) is 0 Å². The molecule has 1 atom stereocenters. The second kappa shape index (κ2) is 5.14. The molecule has 1 unspecified atom stereocenters. The lowest BCUT2D eigenvalue weighted by atomic mass is 10.1. The second-order valence-corrected chi connectivity index (χ2v) is 4.45. The van der Waals surface area contributed by atoms with Crippen LogP contribution >= 0.6 is 0 Å². The van der Waals surface area contributed by atoms with E-state index in [4.69, 9.17) is 0 Å². The summed E-state index contributed by atoms with van der Waals surface area (Å²) < 4.78 is 0. The molecule has 1 aliphatic heterocycles. The molecule has 0 radical (unpaired) electrons. The molecule has 1 saturated heterocycles. The number of nitro benzene ring substituents is 1. The van der Waals surface area contributed by atoms with Gasteiger partial charge in [-0.25, -0.2) is 0 Å². The summed E-state index contributed by atoms with van der Waals surface area (Å²) in [6.45, 7) is 3.64. The van der Waals surface area contributed by atoms with E-state index in [2.05, 4.69) is 10.6 Å². The highest BCUT2D eigenvalue weighted by Gasteiger charge is 2.17. The SMILES string of the molecule is Cc1ccc(NCC2CCCN2)c([N+](=O)[O-])c1. The number of benzene rings is 1. The van der Waals surface area contributed by atoms with Crippen molar-refractivity contribution in [2.75, 3.05) is 18.4 Å². The van der Waals surface area contributed by atoms with E-state index in [1.165, 1.54) is 6.42 Å².